The Morgan fingerprint density at radius 2 is 2.14 bits per heavy atom. The predicted octanol–water partition coefficient (Wildman–Crippen LogP) is 1.81. The van der Waals surface area contributed by atoms with Gasteiger partial charge in [-0.2, -0.15) is 0 Å². The Kier molecular flexibility index (Phi) is 2.86. The molecule has 0 bridgehead atoms. The third kappa shape index (κ3) is 2.12. The Labute approximate surface area is 130 Å². The first-order chi connectivity index (χ1) is 10.4. The van der Waals surface area contributed by atoms with E-state index in [1.165, 1.54) is 4.31 Å². The number of amides is 1. The predicted molar refractivity (Wildman–Crippen MR) is 83.9 cm³/mol. The number of rotatable bonds is 4. The summed E-state index contributed by atoms with van der Waals surface area (Å²) in [5.74, 6) is 0.998. The SMILES string of the molecule is CC(NC(=O)C12CC1C2)c1cccc(N2CCCS2(=O)=O)c1. The van der Waals surface area contributed by atoms with Crippen LogP contribution in [0, 0.1) is 11.3 Å². The van der Waals surface area contributed by atoms with Gasteiger partial charge in [-0.15, -0.1) is 0 Å². The molecule has 118 valence electrons. The lowest BCUT2D eigenvalue weighted by molar-refractivity contribution is -0.124. The van der Waals surface area contributed by atoms with Crippen LogP contribution in [0.1, 0.15) is 37.8 Å². The van der Waals surface area contributed by atoms with Crippen LogP contribution in [0.3, 0.4) is 0 Å². The quantitative estimate of drug-likeness (QED) is 0.920. The van der Waals surface area contributed by atoms with E-state index in [-0.39, 0.29) is 23.1 Å². The summed E-state index contributed by atoms with van der Waals surface area (Å²) in [6, 6.07) is 7.39. The number of sulfonamides is 1. The first kappa shape index (κ1) is 14.1. The third-order valence-electron chi connectivity index (χ3n) is 5.24. The molecule has 2 aliphatic carbocycles. The second kappa shape index (κ2) is 4.47. The van der Waals surface area contributed by atoms with Crippen LogP contribution in [-0.2, 0) is 14.8 Å². The summed E-state index contributed by atoms with van der Waals surface area (Å²) in [6.07, 6.45) is 2.75. The maximum atomic E-state index is 12.2. The fourth-order valence-corrected chi connectivity index (χ4v) is 4.93. The molecule has 1 heterocycles. The number of hydrogen-bond acceptors (Lipinski definition) is 3. The summed E-state index contributed by atoms with van der Waals surface area (Å²) >= 11 is 0. The van der Waals surface area contributed by atoms with E-state index in [0.29, 0.717) is 24.6 Å². The zero-order valence-electron chi connectivity index (χ0n) is 12.6. The van der Waals surface area contributed by atoms with Crippen LogP contribution >= 0.6 is 0 Å². The lowest BCUT2D eigenvalue weighted by Gasteiger charge is -2.20. The number of benzene rings is 1. The summed E-state index contributed by atoms with van der Waals surface area (Å²) in [7, 11) is -3.17. The van der Waals surface area contributed by atoms with Gasteiger partial charge in [-0.05, 0) is 49.8 Å². The summed E-state index contributed by atoms with van der Waals surface area (Å²) in [5, 5.41) is 3.07. The second-order valence-corrected chi connectivity index (χ2v) is 8.81. The first-order valence-electron chi connectivity index (χ1n) is 7.84. The van der Waals surface area contributed by atoms with Crippen molar-refractivity contribution in [3.63, 3.8) is 0 Å². The van der Waals surface area contributed by atoms with Crippen LogP contribution in [-0.4, -0.2) is 26.6 Å². The molecule has 1 aromatic rings. The Balaban J connectivity index is 1.52. The molecule has 1 atom stereocenters. The summed E-state index contributed by atoms with van der Waals surface area (Å²) < 4.78 is 25.5. The van der Waals surface area contributed by atoms with E-state index >= 15 is 0 Å². The Bertz CT molecular complexity index is 738. The number of fused-ring (bicyclic) bond motifs is 1. The highest BCUT2D eigenvalue weighted by Gasteiger charge is 2.74. The molecular formula is C16H20N2O3S. The largest absolute Gasteiger partial charge is 0.349 e. The fourth-order valence-electron chi connectivity index (χ4n) is 3.38. The molecule has 1 N–H and O–H groups in total. The van der Waals surface area contributed by atoms with Crippen molar-refractivity contribution in [2.75, 3.05) is 16.6 Å². The molecule has 0 aromatic heterocycles. The van der Waals surface area contributed by atoms with E-state index < -0.39 is 10.0 Å². The molecule has 5 nitrogen and oxygen atoms in total. The molecule has 2 saturated carbocycles. The van der Waals surface area contributed by atoms with E-state index in [0.717, 1.165) is 18.4 Å². The molecule has 1 aromatic carbocycles. The number of anilines is 1. The molecule has 1 saturated heterocycles. The lowest BCUT2D eigenvalue weighted by Crippen LogP contribution is -2.31. The number of nitrogens with zero attached hydrogens (tertiary/aromatic N) is 1. The van der Waals surface area contributed by atoms with Crippen LogP contribution in [0.5, 0.6) is 0 Å². The Morgan fingerprint density at radius 3 is 2.73 bits per heavy atom. The fraction of sp³-hybridized carbons (Fsp3) is 0.562. The van der Waals surface area contributed by atoms with Gasteiger partial charge in [0.15, 0.2) is 0 Å². The highest BCUT2D eigenvalue weighted by atomic mass is 32.2. The van der Waals surface area contributed by atoms with E-state index in [2.05, 4.69) is 5.32 Å². The molecule has 0 spiro atoms. The van der Waals surface area contributed by atoms with Gasteiger partial charge in [-0.25, -0.2) is 8.42 Å². The highest BCUT2D eigenvalue weighted by molar-refractivity contribution is 7.93. The lowest BCUT2D eigenvalue weighted by atomic mass is 10.1. The van der Waals surface area contributed by atoms with Gasteiger partial charge < -0.3 is 5.32 Å². The zero-order chi connectivity index (χ0) is 15.5. The minimum absolute atomic E-state index is 0.0375. The van der Waals surface area contributed by atoms with Gasteiger partial charge in [-0.3, -0.25) is 9.10 Å². The molecule has 0 radical (unpaired) electrons. The molecule has 3 aliphatic rings. The minimum Gasteiger partial charge on any atom is -0.349 e. The number of carbonyl (C=O) groups is 1. The average molecular weight is 320 g/mol. The first-order valence-corrected chi connectivity index (χ1v) is 9.45. The maximum absolute atomic E-state index is 12.2. The average Bonchev–Trinajstić information content (AvgIpc) is 3.30. The molecule has 1 unspecified atom stereocenters. The van der Waals surface area contributed by atoms with Crippen molar-refractivity contribution in [1.82, 2.24) is 5.32 Å². The van der Waals surface area contributed by atoms with Gasteiger partial charge in [0.25, 0.3) is 0 Å². The van der Waals surface area contributed by atoms with Gasteiger partial charge in [0, 0.05) is 6.54 Å². The number of nitrogens with one attached hydrogen (secondary N) is 1. The van der Waals surface area contributed by atoms with E-state index in [4.69, 9.17) is 0 Å². The summed E-state index contributed by atoms with van der Waals surface area (Å²) in [4.78, 5) is 12.2. The molecule has 6 heteroatoms. The van der Waals surface area contributed by atoms with Crippen LogP contribution in [0.4, 0.5) is 5.69 Å². The van der Waals surface area contributed by atoms with Crippen LogP contribution < -0.4 is 9.62 Å². The maximum Gasteiger partial charge on any atom is 0.235 e. The van der Waals surface area contributed by atoms with Crippen LogP contribution in [0.25, 0.3) is 0 Å². The Hall–Kier alpha value is -1.56. The molecular weight excluding hydrogens is 300 g/mol. The molecule has 1 amide bonds. The third-order valence-corrected chi connectivity index (χ3v) is 7.11. The molecule has 3 fully saturated rings. The van der Waals surface area contributed by atoms with Crippen molar-refractivity contribution in [3.05, 3.63) is 29.8 Å². The monoisotopic (exact) mass is 320 g/mol. The normalized spacial score (nSPS) is 32.2. The molecule has 4 rings (SSSR count). The van der Waals surface area contributed by atoms with Crippen molar-refractivity contribution in [3.8, 4) is 0 Å². The standard InChI is InChI=1S/C16H20N2O3S/c1-11(17-15(19)16-9-13(16)10-16)12-4-2-5-14(8-12)18-6-3-7-22(18,20)21/h2,4-5,8,11,13H,3,6-7,9-10H2,1H3,(H,17,19). The van der Waals surface area contributed by atoms with Crippen LogP contribution in [0.15, 0.2) is 24.3 Å². The smallest absolute Gasteiger partial charge is 0.235 e. The van der Waals surface area contributed by atoms with Crippen molar-refractivity contribution in [2.45, 2.75) is 32.2 Å². The molecule has 22 heavy (non-hydrogen) atoms. The minimum atomic E-state index is -3.17. The van der Waals surface area contributed by atoms with Crippen molar-refractivity contribution in [1.29, 1.82) is 0 Å². The van der Waals surface area contributed by atoms with Gasteiger partial charge in [0.1, 0.15) is 0 Å². The summed E-state index contributed by atoms with van der Waals surface area (Å²) in [6.45, 7) is 2.49. The highest BCUT2D eigenvalue weighted by Crippen LogP contribution is 2.75. The van der Waals surface area contributed by atoms with Gasteiger partial charge >= 0.3 is 0 Å². The topological polar surface area (TPSA) is 66.5 Å². The number of carbonyl (C=O) groups excluding carboxylic acids is 1. The van der Waals surface area contributed by atoms with Crippen molar-refractivity contribution < 1.29 is 13.2 Å². The second-order valence-electron chi connectivity index (χ2n) is 6.79. The van der Waals surface area contributed by atoms with Gasteiger partial charge in [0.2, 0.25) is 15.9 Å². The zero-order valence-corrected chi connectivity index (χ0v) is 13.4. The Morgan fingerprint density at radius 1 is 1.41 bits per heavy atom. The van der Waals surface area contributed by atoms with Gasteiger partial charge in [-0.1, -0.05) is 12.1 Å². The van der Waals surface area contributed by atoms with Gasteiger partial charge in [0.05, 0.1) is 22.9 Å². The van der Waals surface area contributed by atoms with E-state index in [1.54, 1.807) is 0 Å². The van der Waals surface area contributed by atoms with E-state index in [1.807, 2.05) is 31.2 Å². The van der Waals surface area contributed by atoms with Crippen LogP contribution in [0.2, 0.25) is 0 Å². The van der Waals surface area contributed by atoms with E-state index in [9.17, 15) is 13.2 Å². The van der Waals surface area contributed by atoms with Crippen molar-refractivity contribution >= 4 is 21.6 Å². The van der Waals surface area contributed by atoms with Crippen molar-refractivity contribution in [2.24, 2.45) is 11.3 Å². The summed E-state index contributed by atoms with van der Waals surface area (Å²) in [5.41, 5.74) is 1.61. The molecule has 1 aliphatic heterocycles. The number of hydrogen-bond donors (Lipinski definition) is 1.